The maximum absolute atomic E-state index is 13.2. The smallest absolute Gasteiger partial charge is 0.255 e. The van der Waals surface area contributed by atoms with E-state index in [4.69, 9.17) is 9.47 Å². The van der Waals surface area contributed by atoms with Crippen LogP contribution in [0.1, 0.15) is 42.5 Å². The van der Waals surface area contributed by atoms with E-state index in [-0.39, 0.29) is 11.9 Å². The van der Waals surface area contributed by atoms with Crippen LogP contribution < -0.4 is 10.1 Å². The van der Waals surface area contributed by atoms with Gasteiger partial charge in [-0.3, -0.25) is 4.79 Å². The zero-order valence-electron chi connectivity index (χ0n) is 19.8. The summed E-state index contributed by atoms with van der Waals surface area (Å²) < 4.78 is 13.7. The maximum atomic E-state index is 13.2. The number of aromatic nitrogens is 3. The number of benzene rings is 1. The first-order valence-corrected chi connectivity index (χ1v) is 15.6. The van der Waals surface area contributed by atoms with Crippen LogP contribution in [0.15, 0.2) is 42.7 Å². The third kappa shape index (κ3) is 6.42. The van der Waals surface area contributed by atoms with Gasteiger partial charge >= 0.3 is 0 Å². The highest BCUT2D eigenvalue weighted by molar-refractivity contribution is 6.76. The fraction of sp³-hybridized carbons (Fsp3) is 0.480. The third-order valence-electron chi connectivity index (χ3n) is 5.92. The summed E-state index contributed by atoms with van der Waals surface area (Å²) in [6, 6.07) is 10.8. The summed E-state index contributed by atoms with van der Waals surface area (Å²) in [5.41, 5.74) is 1.66. The second-order valence-electron chi connectivity index (χ2n) is 9.96. The molecule has 33 heavy (non-hydrogen) atoms. The Morgan fingerprint density at radius 3 is 2.64 bits per heavy atom. The number of nitrogens with zero attached hydrogens (tertiary/aromatic N) is 3. The minimum atomic E-state index is -1.17. The number of fused-ring (bicyclic) bond motifs is 1. The van der Waals surface area contributed by atoms with Crippen LogP contribution in [0, 0.1) is 0 Å². The van der Waals surface area contributed by atoms with Crippen molar-refractivity contribution in [3.63, 3.8) is 0 Å². The summed E-state index contributed by atoms with van der Waals surface area (Å²) >= 11 is 0. The van der Waals surface area contributed by atoms with Crippen LogP contribution in [0.2, 0.25) is 25.7 Å². The summed E-state index contributed by atoms with van der Waals surface area (Å²) in [4.78, 5) is 22.4. The summed E-state index contributed by atoms with van der Waals surface area (Å²) in [7, 11) is -1.17. The molecule has 1 saturated carbocycles. The number of hydrogen-bond donors (Lipinski definition) is 1. The molecule has 0 radical (unpaired) electrons. The highest BCUT2D eigenvalue weighted by Crippen LogP contribution is 2.25. The van der Waals surface area contributed by atoms with Crippen LogP contribution >= 0.6 is 0 Å². The Morgan fingerprint density at radius 1 is 1.15 bits per heavy atom. The Morgan fingerprint density at radius 2 is 1.91 bits per heavy atom. The van der Waals surface area contributed by atoms with E-state index in [1.54, 1.807) is 6.20 Å². The molecule has 1 amide bonds. The standard InChI is InChI=1S/C25H34N4O3Si/c1-33(2,3)15-14-31-18-29-17-21(25(30)27-19-10-6-4-7-11-19)23-24(29)26-16-22(28-23)32-20-12-8-5-9-13-20/h5,8-9,12-13,16-17,19H,4,6-7,10-11,14-15,18H2,1-3H3,(H,27,30). The Balaban J connectivity index is 1.58. The number of carbonyl (C=O) groups is 1. The molecule has 3 aromatic rings. The van der Waals surface area contributed by atoms with E-state index in [0.717, 1.165) is 31.7 Å². The molecule has 1 aromatic carbocycles. The monoisotopic (exact) mass is 466 g/mol. The number of para-hydroxylation sites is 1. The number of nitrogens with one attached hydrogen (secondary N) is 1. The van der Waals surface area contributed by atoms with Gasteiger partial charge in [0.1, 0.15) is 18.0 Å². The molecule has 8 heteroatoms. The molecule has 1 aliphatic carbocycles. The van der Waals surface area contributed by atoms with Crippen molar-refractivity contribution in [3.8, 4) is 11.6 Å². The van der Waals surface area contributed by atoms with Crippen LogP contribution in [-0.2, 0) is 11.5 Å². The third-order valence-corrected chi connectivity index (χ3v) is 7.62. The topological polar surface area (TPSA) is 78.3 Å². The Hall–Kier alpha value is -2.71. The fourth-order valence-electron chi connectivity index (χ4n) is 4.01. The van der Waals surface area contributed by atoms with Gasteiger partial charge in [-0.15, -0.1) is 0 Å². The highest BCUT2D eigenvalue weighted by atomic mass is 28.3. The van der Waals surface area contributed by atoms with E-state index in [0.29, 0.717) is 41.7 Å². The average Bonchev–Trinajstić information content (AvgIpc) is 3.15. The van der Waals surface area contributed by atoms with Gasteiger partial charge in [0.15, 0.2) is 5.65 Å². The van der Waals surface area contributed by atoms with Gasteiger partial charge < -0.3 is 19.4 Å². The maximum Gasteiger partial charge on any atom is 0.255 e. The molecule has 0 aliphatic heterocycles. The summed E-state index contributed by atoms with van der Waals surface area (Å²) in [6.07, 6.45) is 9.02. The number of carbonyl (C=O) groups excluding carboxylic acids is 1. The Bertz CT molecular complexity index is 1070. The second-order valence-corrected chi connectivity index (χ2v) is 15.6. The van der Waals surface area contributed by atoms with Crippen LogP contribution in [0.25, 0.3) is 11.2 Å². The molecule has 0 bridgehead atoms. The van der Waals surface area contributed by atoms with Gasteiger partial charge in [-0.25, -0.2) is 9.97 Å². The van der Waals surface area contributed by atoms with Crippen LogP contribution in [-0.4, -0.2) is 41.2 Å². The van der Waals surface area contributed by atoms with Crippen LogP contribution in [0.4, 0.5) is 0 Å². The van der Waals surface area contributed by atoms with Gasteiger partial charge in [0, 0.05) is 26.9 Å². The van der Waals surface area contributed by atoms with Crippen molar-refractivity contribution < 1.29 is 14.3 Å². The van der Waals surface area contributed by atoms with Crippen LogP contribution in [0.5, 0.6) is 11.6 Å². The van der Waals surface area contributed by atoms with E-state index in [1.165, 1.54) is 6.42 Å². The number of rotatable bonds is 9. The first-order valence-electron chi connectivity index (χ1n) is 11.9. The number of hydrogen-bond acceptors (Lipinski definition) is 5. The first kappa shape index (κ1) is 23.4. The van der Waals surface area contributed by atoms with Gasteiger partial charge in [0.25, 0.3) is 5.91 Å². The largest absolute Gasteiger partial charge is 0.437 e. The predicted molar refractivity (Wildman–Crippen MR) is 132 cm³/mol. The molecule has 0 atom stereocenters. The van der Waals surface area contributed by atoms with E-state index >= 15 is 0 Å². The molecule has 0 unspecified atom stereocenters. The summed E-state index contributed by atoms with van der Waals surface area (Å²) in [6.45, 7) is 8.02. The molecule has 2 heterocycles. The lowest BCUT2D eigenvalue weighted by Gasteiger charge is -2.22. The second kappa shape index (κ2) is 10.5. The SMILES string of the molecule is C[Si](C)(C)CCOCn1cc(C(=O)NC2CCCCC2)c2nc(Oc3ccccc3)cnc21. The summed E-state index contributed by atoms with van der Waals surface area (Å²) in [5.74, 6) is 0.921. The fourth-order valence-corrected chi connectivity index (χ4v) is 4.77. The number of ether oxygens (including phenoxy) is 2. The molecule has 4 rings (SSSR count). The molecule has 7 nitrogen and oxygen atoms in total. The highest BCUT2D eigenvalue weighted by Gasteiger charge is 2.22. The van der Waals surface area contributed by atoms with Crippen molar-refractivity contribution in [2.24, 2.45) is 0 Å². The van der Waals surface area contributed by atoms with Crippen molar-refractivity contribution in [1.29, 1.82) is 0 Å². The molecule has 0 saturated heterocycles. The first-order chi connectivity index (χ1) is 15.9. The predicted octanol–water partition coefficient (Wildman–Crippen LogP) is 5.60. The normalized spacial score (nSPS) is 15.0. The van der Waals surface area contributed by atoms with E-state index < -0.39 is 8.07 Å². The molecule has 1 N–H and O–H groups in total. The van der Waals surface area contributed by atoms with Gasteiger partial charge in [-0.2, -0.15) is 0 Å². The van der Waals surface area contributed by atoms with Crippen molar-refractivity contribution >= 4 is 25.1 Å². The van der Waals surface area contributed by atoms with Gasteiger partial charge in [0.05, 0.1) is 11.8 Å². The lowest BCUT2D eigenvalue weighted by molar-refractivity contribution is 0.0888. The number of amides is 1. The Kier molecular flexibility index (Phi) is 7.45. The van der Waals surface area contributed by atoms with Gasteiger partial charge in [-0.1, -0.05) is 57.1 Å². The molecule has 2 aromatic heterocycles. The summed E-state index contributed by atoms with van der Waals surface area (Å²) in [5, 5.41) is 3.20. The zero-order chi connectivity index (χ0) is 23.3. The minimum absolute atomic E-state index is 0.112. The molecular formula is C25H34N4O3Si. The van der Waals surface area contributed by atoms with Gasteiger partial charge in [0.2, 0.25) is 5.88 Å². The molecule has 0 spiro atoms. The van der Waals surface area contributed by atoms with E-state index in [1.807, 2.05) is 41.1 Å². The lowest BCUT2D eigenvalue weighted by Crippen LogP contribution is -2.36. The van der Waals surface area contributed by atoms with Crippen molar-refractivity contribution in [1.82, 2.24) is 19.9 Å². The molecule has 1 fully saturated rings. The zero-order valence-corrected chi connectivity index (χ0v) is 20.8. The average molecular weight is 467 g/mol. The molecule has 1 aliphatic rings. The lowest BCUT2D eigenvalue weighted by atomic mass is 9.95. The van der Waals surface area contributed by atoms with Gasteiger partial charge in [-0.05, 0) is 31.0 Å². The molecular weight excluding hydrogens is 432 g/mol. The van der Waals surface area contributed by atoms with Crippen molar-refractivity contribution in [2.75, 3.05) is 6.61 Å². The van der Waals surface area contributed by atoms with E-state index in [2.05, 4.69) is 34.9 Å². The quantitative estimate of drug-likeness (QED) is 0.328. The van der Waals surface area contributed by atoms with Crippen molar-refractivity contribution in [3.05, 3.63) is 48.3 Å². The van der Waals surface area contributed by atoms with Crippen LogP contribution in [0.3, 0.4) is 0 Å². The van der Waals surface area contributed by atoms with E-state index in [9.17, 15) is 4.79 Å². The minimum Gasteiger partial charge on any atom is -0.437 e. The Labute approximate surface area is 196 Å². The van der Waals surface area contributed by atoms with Crippen molar-refractivity contribution in [2.45, 2.75) is 70.6 Å². The molecule has 176 valence electrons.